The van der Waals surface area contributed by atoms with Crippen LogP contribution < -0.4 is 10.5 Å². The summed E-state index contributed by atoms with van der Waals surface area (Å²) in [5, 5.41) is 0. The van der Waals surface area contributed by atoms with Crippen LogP contribution in [0.4, 0.5) is 4.39 Å². The smallest absolute Gasteiger partial charge is 0.240 e. The summed E-state index contributed by atoms with van der Waals surface area (Å²) < 4.78 is 23.7. The predicted octanol–water partition coefficient (Wildman–Crippen LogP) is 0.478. The number of benzene rings is 1. The molecule has 1 aromatic carbocycles. The van der Waals surface area contributed by atoms with Crippen molar-refractivity contribution in [1.29, 1.82) is 0 Å². The molecule has 0 spiro atoms. The van der Waals surface area contributed by atoms with E-state index in [9.17, 15) is 14.0 Å². The highest BCUT2D eigenvalue weighted by Crippen LogP contribution is 2.24. The van der Waals surface area contributed by atoms with E-state index in [1.165, 1.54) is 37.3 Å². The largest absolute Gasteiger partial charge is 0.496 e. The molecule has 1 saturated heterocycles. The Balaban J connectivity index is 2.17. The number of nitrogens with two attached hydrogens (primary N) is 1. The van der Waals surface area contributed by atoms with Crippen molar-refractivity contribution in [2.75, 3.05) is 20.8 Å². The Kier molecular flexibility index (Phi) is 4.97. The molecule has 0 unspecified atom stereocenters. The Morgan fingerprint density at radius 1 is 1.41 bits per heavy atom. The zero-order chi connectivity index (χ0) is 16.3. The van der Waals surface area contributed by atoms with Crippen molar-refractivity contribution in [1.82, 2.24) is 4.90 Å². The first-order chi connectivity index (χ1) is 10.5. The summed E-state index contributed by atoms with van der Waals surface area (Å²) >= 11 is 0. The van der Waals surface area contributed by atoms with Crippen LogP contribution in [-0.4, -0.2) is 49.6 Å². The van der Waals surface area contributed by atoms with Crippen molar-refractivity contribution in [3.8, 4) is 5.75 Å². The van der Waals surface area contributed by atoms with Crippen molar-refractivity contribution in [3.63, 3.8) is 0 Å². The normalized spacial score (nSPS) is 21.0. The molecule has 0 aromatic heterocycles. The molecule has 0 bridgehead atoms. The molecule has 120 valence electrons. The van der Waals surface area contributed by atoms with Crippen LogP contribution in [0.15, 0.2) is 18.2 Å². The lowest BCUT2D eigenvalue weighted by Gasteiger charge is -2.22. The number of halogens is 1. The number of nitrogens with zero attached hydrogens (tertiary/aromatic N) is 1. The summed E-state index contributed by atoms with van der Waals surface area (Å²) in [4.78, 5) is 25.3. The molecule has 1 aliphatic heterocycles. The Hall–Kier alpha value is -2.15. The minimum absolute atomic E-state index is 0.0683. The quantitative estimate of drug-likeness (QED) is 0.857. The van der Waals surface area contributed by atoms with Crippen molar-refractivity contribution in [2.45, 2.75) is 25.0 Å². The van der Waals surface area contributed by atoms with Gasteiger partial charge in [-0.15, -0.1) is 0 Å². The molecular weight excluding hydrogens is 291 g/mol. The number of primary amides is 1. The van der Waals surface area contributed by atoms with Gasteiger partial charge >= 0.3 is 0 Å². The van der Waals surface area contributed by atoms with E-state index in [0.717, 1.165) is 0 Å². The second-order valence-electron chi connectivity index (χ2n) is 5.19. The monoisotopic (exact) mass is 310 g/mol. The number of hydrogen-bond donors (Lipinski definition) is 1. The number of likely N-dealkylation sites (tertiary alicyclic amines) is 1. The van der Waals surface area contributed by atoms with Gasteiger partial charge in [0.05, 0.1) is 19.6 Å². The van der Waals surface area contributed by atoms with E-state index >= 15 is 0 Å². The molecular formula is C15H19FN2O4. The van der Waals surface area contributed by atoms with Crippen LogP contribution in [0.5, 0.6) is 5.75 Å². The highest BCUT2D eigenvalue weighted by molar-refractivity contribution is 5.88. The maximum atomic E-state index is 13.4. The van der Waals surface area contributed by atoms with Gasteiger partial charge in [-0.05, 0) is 18.2 Å². The van der Waals surface area contributed by atoms with Gasteiger partial charge in [0.1, 0.15) is 17.6 Å². The van der Waals surface area contributed by atoms with E-state index in [2.05, 4.69) is 0 Å². The van der Waals surface area contributed by atoms with Gasteiger partial charge in [0.15, 0.2) is 0 Å². The van der Waals surface area contributed by atoms with Crippen molar-refractivity contribution in [3.05, 3.63) is 29.6 Å². The number of rotatable bonds is 5. The van der Waals surface area contributed by atoms with E-state index in [4.69, 9.17) is 15.2 Å². The third-order valence-corrected chi connectivity index (χ3v) is 3.83. The molecule has 7 heteroatoms. The summed E-state index contributed by atoms with van der Waals surface area (Å²) in [5.41, 5.74) is 5.77. The van der Waals surface area contributed by atoms with Crippen LogP contribution in [-0.2, 0) is 20.7 Å². The molecule has 1 aliphatic rings. The van der Waals surface area contributed by atoms with E-state index in [1.807, 2.05) is 0 Å². The Labute approximate surface area is 128 Å². The molecule has 2 amide bonds. The third-order valence-electron chi connectivity index (χ3n) is 3.83. The van der Waals surface area contributed by atoms with Gasteiger partial charge in [-0.2, -0.15) is 0 Å². The van der Waals surface area contributed by atoms with E-state index in [1.54, 1.807) is 0 Å². The Morgan fingerprint density at radius 2 is 2.14 bits per heavy atom. The summed E-state index contributed by atoms with van der Waals surface area (Å²) in [5.74, 6) is -0.912. The fourth-order valence-electron chi connectivity index (χ4n) is 2.66. The number of carbonyl (C=O) groups excluding carboxylic acids is 2. The lowest BCUT2D eigenvalue weighted by atomic mass is 10.1. The summed E-state index contributed by atoms with van der Waals surface area (Å²) in [6.07, 6.45) is 0.0785. The summed E-state index contributed by atoms with van der Waals surface area (Å²) in [6.45, 7) is 0.292. The zero-order valence-corrected chi connectivity index (χ0v) is 12.5. The van der Waals surface area contributed by atoms with Crippen molar-refractivity contribution < 1.29 is 23.5 Å². The molecule has 2 N–H and O–H groups in total. The van der Waals surface area contributed by atoms with Crippen LogP contribution >= 0.6 is 0 Å². The molecule has 22 heavy (non-hydrogen) atoms. The standard InChI is InChI=1S/C15H19FN2O4/c1-21-11-7-12(15(17)20)18(8-11)14(19)6-9-5-10(16)3-4-13(9)22-2/h3-5,11-12H,6-8H2,1-2H3,(H2,17,20)/t11-,12-/m0/s1. The van der Waals surface area contributed by atoms with Crippen LogP contribution in [0, 0.1) is 5.82 Å². The second kappa shape index (κ2) is 6.74. The predicted molar refractivity (Wildman–Crippen MR) is 76.8 cm³/mol. The number of hydrogen-bond acceptors (Lipinski definition) is 4. The minimum Gasteiger partial charge on any atom is -0.496 e. The van der Waals surface area contributed by atoms with Gasteiger partial charge in [0.25, 0.3) is 0 Å². The molecule has 1 heterocycles. The van der Waals surface area contributed by atoms with Crippen molar-refractivity contribution >= 4 is 11.8 Å². The molecule has 2 atom stereocenters. The number of carbonyl (C=O) groups is 2. The average molecular weight is 310 g/mol. The van der Waals surface area contributed by atoms with Gasteiger partial charge in [-0.25, -0.2) is 4.39 Å². The van der Waals surface area contributed by atoms with Crippen LogP contribution in [0.1, 0.15) is 12.0 Å². The number of ether oxygens (including phenoxy) is 2. The van der Waals surface area contributed by atoms with Gasteiger partial charge < -0.3 is 20.1 Å². The fraction of sp³-hybridized carbons (Fsp3) is 0.467. The first-order valence-corrected chi connectivity index (χ1v) is 6.90. The first kappa shape index (κ1) is 16.2. The molecule has 0 saturated carbocycles. The number of methoxy groups -OCH3 is 2. The van der Waals surface area contributed by atoms with E-state index < -0.39 is 17.8 Å². The Morgan fingerprint density at radius 3 is 2.73 bits per heavy atom. The highest BCUT2D eigenvalue weighted by Gasteiger charge is 2.38. The molecule has 1 aromatic rings. The molecule has 1 fully saturated rings. The molecule has 2 rings (SSSR count). The molecule has 6 nitrogen and oxygen atoms in total. The SMILES string of the molecule is COc1ccc(F)cc1CC(=O)N1C[C@@H](OC)C[C@H]1C(N)=O. The van der Waals surface area contributed by atoms with Gasteiger partial charge in [-0.3, -0.25) is 9.59 Å². The van der Waals surface area contributed by atoms with Gasteiger partial charge in [0.2, 0.25) is 11.8 Å². The number of amides is 2. The summed E-state index contributed by atoms with van der Waals surface area (Å²) in [7, 11) is 2.97. The second-order valence-corrected chi connectivity index (χ2v) is 5.19. The summed E-state index contributed by atoms with van der Waals surface area (Å²) in [6, 6.07) is 3.28. The lowest BCUT2D eigenvalue weighted by molar-refractivity contribution is -0.136. The maximum Gasteiger partial charge on any atom is 0.240 e. The average Bonchev–Trinajstić information content (AvgIpc) is 2.92. The third kappa shape index (κ3) is 3.36. The van der Waals surface area contributed by atoms with Gasteiger partial charge in [0, 0.05) is 25.6 Å². The van der Waals surface area contributed by atoms with E-state index in [-0.39, 0.29) is 18.4 Å². The molecule has 0 aliphatic carbocycles. The maximum absolute atomic E-state index is 13.4. The van der Waals surface area contributed by atoms with Crippen molar-refractivity contribution in [2.24, 2.45) is 5.73 Å². The topological polar surface area (TPSA) is 81.9 Å². The Bertz CT molecular complexity index is 579. The zero-order valence-electron chi connectivity index (χ0n) is 12.5. The van der Waals surface area contributed by atoms with Gasteiger partial charge in [-0.1, -0.05) is 0 Å². The fourth-order valence-corrected chi connectivity index (χ4v) is 2.66. The van der Waals surface area contributed by atoms with Crippen LogP contribution in [0.25, 0.3) is 0 Å². The van der Waals surface area contributed by atoms with Crippen LogP contribution in [0.2, 0.25) is 0 Å². The minimum atomic E-state index is -0.697. The first-order valence-electron chi connectivity index (χ1n) is 6.90. The highest BCUT2D eigenvalue weighted by atomic mass is 19.1. The lowest BCUT2D eigenvalue weighted by Crippen LogP contribution is -2.44. The molecule has 0 radical (unpaired) electrons. The van der Waals surface area contributed by atoms with E-state index in [0.29, 0.717) is 24.3 Å². The van der Waals surface area contributed by atoms with Crippen LogP contribution in [0.3, 0.4) is 0 Å².